The number of nitrogens with one attached hydrogen (secondary N) is 1. The van der Waals surface area contributed by atoms with Crippen LogP contribution in [-0.4, -0.2) is 11.1 Å². The number of rotatable bonds is 8. The molecule has 1 N–H and O–H groups in total. The molecule has 1 aliphatic rings. The van der Waals surface area contributed by atoms with Gasteiger partial charge in [-0.2, -0.15) is 0 Å². The van der Waals surface area contributed by atoms with Crippen LogP contribution < -0.4 is 5.32 Å². The summed E-state index contributed by atoms with van der Waals surface area (Å²) in [5.74, 6) is 0.969. The van der Waals surface area contributed by atoms with Crippen molar-refractivity contribution in [2.24, 2.45) is 0 Å². The predicted octanol–water partition coefficient (Wildman–Crippen LogP) is 5.83. The van der Waals surface area contributed by atoms with Crippen LogP contribution >= 0.6 is 0 Å². The summed E-state index contributed by atoms with van der Waals surface area (Å²) >= 11 is 0. The number of carbonyl (C=O) groups excluding carboxylic acids is 1. The van der Waals surface area contributed by atoms with E-state index in [1.165, 1.54) is 37.7 Å². The number of carbonyl (C=O) groups is 1. The minimum Gasteiger partial charge on any atom is -0.356 e. The van der Waals surface area contributed by atoms with Crippen LogP contribution in [0.5, 0.6) is 0 Å². The molecule has 0 unspecified atom stereocenters. The lowest BCUT2D eigenvalue weighted by molar-refractivity contribution is -0.116. The minimum atomic E-state index is 0.0985. The van der Waals surface area contributed by atoms with Gasteiger partial charge in [0.15, 0.2) is 5.76 Å². The van der Waals surface area contributed by atoms with E-state index < -0.39 is 0 Å². The van der Waals surface area contributed by atoms with E-state index in [-0.39, 0.29) is 5.91 Å². The molecule has 140 valence electrons. The molecule has 1 heterocycles. The third-order valence-corrected chi connectivity index (χ3v) is 5.24. The van der Waals surface area contributed by atoms with Crippen molar-refractivity contribution in [3.63, 3.8) is 0 Å². The number of nitrogens with zero attached hydrogens (tertiary/aromatic N) is 1. The fourth-order valence-electron chi connectivity index (χ4n) is 3.62. The quantitative estimate of drug-likeness (QED) is 0.607. The van der Waals surface area contributed by atoms with Crippen molar-refractivity contribution in [2.75, 3.05) is 5.32 Å². The average Bonchev–Trinajstić information content (AvgIpc) is 3.07. The molecule has 0 atom stereocenters. The van der Waals surface area contributed by atoms with Crippen LogP contribution in [-0.2, 0) is 17.6 Å². The first-order valence-electron chi connectivity index (χ1n) is 10.1. The van der Waals surface area contributed by atoms with Gasteiger partial charge in [0, 0.05) is 23.2 Å². The maximum absolute atomic E-state index is 12.3. The Bertz CT molecular complexity index is 749. The van der Waals surface area contributed by atoms with Gasteiger partial charge in [-0.15, -0.1) is 0 Å². The lowest BCUT2D eigenvalue weighted by Crippen LogP contribution is -2.12. The van der Waals surface area contributed by atoms with E-state index in [0.29, 0.717) is 6.42 Å². The van der Waals surface area contributed by atoms with Gasteiger partial charge in [0.05, 0.1) is 5.69 Å². The normalized spacial score (nSPS) is 13.5. The lowest BCUT2D eigenvalue weighted by Gasteiger charge is -2.12. The third-order valence-electron chi connectivity index (χ3n) is 5.24. The Morgan fingerprint density at radius 2 is 1.96 bits per heavy atom. The van der Waals surface area contributed by atoms with Crippen LogP contribution in [0.1, 0.15) is 75.1 Å². The molecule has 0 fully saturated rings. The number of hydrogen-bond donors (Lipinski definition) is 1. The highest BCUT2D eigenvalue weighted by atomic mass is 16.5. The molecule has 1 amide bonds. The maximum atomic E-state index is 12.3. The predicted molar refractivity (Wildman–Crippen MR) is 105 cm³/mol. The first kappa shape index (κ1) is 18.7. The van der Waals surface area contributed by atoms with Gasteiger partial charge in [-0.1, -0.05) is 49.9 Å². The summed E-state index contributed by atoms with van der Waals surface area (Å²) in [5.41, 5.74) is 5.30. The molecule has 0 radical (unpaired) electrons. The molecule has 26 heavy (non-hydrogen) atoms. The van der Waals surface area contributed by atoms with Crippen molar-refractivity contribution < 1.29 is 9.32 Å². The number of benzene rings is 1. The van der Waals surface area contributed by atoms with Gasteiger partial charge in [-0.05, 0) is 50.7 Å². The Balaban J connectivity index is 1.66. The molecular weight excluding hydrogens is 324 g/mol. The van der Waals surface area contributed by atoms with E-state index in [2.05, 4.69) is 23.5 Å². The van der Waals surface area contributed by atoms with E-state index in [0.717, 1.165) is 54.0 Å². The van der Waals surface area contributed by atoms with Crippen molar-refractivity contribution in [1.82, 2.24) is 5.16 Å². The Morgan fingerprint density at radius 3 is 2.81 bits per heavy atom. The summed E-state index contributed by atoms with van der Waals surface area (Å²) < 4.78 is 5.64. The summed E-state index contributed by atoms with van der Waals surface area (Å²) in [6, 6.07) is 6.13. The first-order chi connectivity index (χ1) is 12.7. The molecule has 2 aromatic rings. The van der Waals surface area contributed by atoms with Crippen LogP contribution in [0.4, 0.5) is 5.69 Å². The van der Waals surface area contributed by atoms with Crippen LogP contribution in [0, 0.1) is 6.92 Å². The Morgan fingerprint density at radius 1 is 1.15 bits per heavy atom. The molecule has 4 nitrogen and oxygen atoms in total. The van der Waals surface area contributed by atoms with Gasteiger partial charge in [-0.3, -0.25) is 4.79 Å². The number of hydrogen-bond acceptors (Lipinski definition) is 3. The van der Waals surface area contributed by atoms with E-state index in [9.17, 15) is 4.79 Å². The SMILES string of the molecule is CCCCCCCC(=O)Nc1cc(-c2onc3c2CCCC3)ccc1C. The number of amides is 1. The summed E-state index contributed by atoms with van der Waals surface area (Å²) in [6.45, 7) is 4.23. The molecule has 0 bridgehead atoms. The van der Waals surface area contributed by atoms with E-state index in [4.69, 9.17) is 4.52 Å². The standard InChI is InChI=1S/C22H30N2O2/c1-3-4-5-6-7-12-21(25)23-20-15-17(14-13-16(20)2)22-18-10-8-9-11-19(18)24-26-22/h13-15H,3-12H2,1-2H3,(H,23,25). The van der Waals surface area contributed by atoms with Crippen LogP contribution in [0.15, 0.2) is 22.7 Å². The Hall–Kier alpha value is -2.10. The fourth-order valence-corrected chi connectivity index (χ4v) is 3.62. The van der Waals surface area contributed by atoms with E-state index in [1.54, 1.807) is 0 Å². The summed E-state index contributed by atoms with van der Waals surface area (Å²) in [5, 5.41) is 7.33. The molecule has 0 aliphatic heterocycles. The van der Waals surface area contributed by atoms with Crippen molar-refractivity contribution in [1.29, 1.82) is 0 Å². The first-order valence-corrected chi connectivity index (χ1v) is 10.1. The smallest absolute Gasteiger partial charge is 0.224 e. The molecule has 1 aliphatic carbocycles. The average molecular weight is 354 g/mol. The maximum Gasteiger partial charge on any atom is 0.224 e. The topological polar surface area (TPSA) is 55.1 Å². The zero-order valence-electron chi connectivity index (χ0n) is 16.1. The summed E-state index contributed by atoms with van der Waals surface area (Å²) in [4.78, 5) is 12.3. The second-order valence-corrected chi connectivity index (χ2v) is 7.39. The van der Waals surface area contributed by atoms with Gasteiger partial charge in [0.1, 0.15) is 0 Å². The number of unbranched alkanes of at least 4 members (excludes halogenated alkanes) is 4. The van der Waals surface area contributed by atoms with E-state index >= 15 is 0 Å². The van der Waals surface area contributed by atoms with Crippen molar-refractivity contribution in [3.05, 3.63) is 35.0 Å². The van der Waals surface area contributed by atoms with Crippen LogP contribution in [0.2, 0.25) is 0 Å². The van der Waals surface area contributed by atoms with Crippen LogP contribution in [0.25, 0.3) is 11.3 Å². The molecule has 1 aromatic heterocycles. The zero-order chi connectivity index (χ0) is 18.4. The number of aromatic nitrogens is 1. The third kappa shape index (κ3) is 4.54. The molecule has 0 saturated heterocycles. The number of fused-ring (bicyclic) bond motifs is 1. The molecule has 4 heteroatoms. The van der Waals surface area contributed by atoms with Crippen molar-refractivity contribution in [2.45, 2.75) is 78.1 Å². The second kappa shape index (κ2) is 9.02. The molecular formula is C22H30N2O2. The fraction of sp³-hybridized carbons (Fsp3) is 0.545. The van der Waals surface area contributed by atoms with Crippen LogP contribution in [0.3, 0.4) is 0 Å². The van der Waals surface area contributed by atoms with Gasteiger partial charge in [0.25, 0.3) is 0 Å². The second-order valence-electron chi connectivity index (χ2n) is 7.39. The van der Waals surface area contributed by atoms with E-state index in [1.807, 2.05) is 19.1 Å². The van der Waals surface area contributed by atoms with Gasteiger partial charge < -0.3 is 9.84 Å². The van der Waals surface area contributed by atoms with Gasteiger partial charge >= 0.3 is 0 Å². The zero-order valence-corrected chi connectivity index (χ0v) is 16.1. The monoisotopic (exact) mass is 354 g/mol. The molecule has 3 rings (SSSR count). The van der Waals surface area contributed by atoms with Gasteiger partial charge in [0.2, 0.25) is 5.91 Å². The minimum absolute atomic E-state index is 0.0985. The Labute approximate surface area is 156 Å². The highest BCUT2D eigenvalue weighted by Gasteiger charge is 2.21. The number of anilines is 1. The summed E-state index contributed by atoms with van der Waals surface area (Å²) in [7, 11) is 0. The highest BCUT2D eigenvalue weighted by molar-refractivity contribution is 5.92. The molecule has 1 aromatic carbocycles. The largest absolute Gasteiger partial charge is 0.356 e. The molecule has 0 saturated carbocycles. The lowest BCUT2D eigenvalue weighted by atomic mass is 9.93. The Kier molecular flexibility index (Phi) is 6.48. The highest BCUT2D eigenvalue weighted by Crippen LogP contribution is 2.33. The van der Waals surface area contributed by atoms with Crippen molar-refractivity contribution >= 4 is 11.6 Å². The number of aryl methyl sites for hydroxylation is 2. The van der Waals surface area contributed by atoms with Gasteiger partial charge in [-0.25, -0.2) is 0 Å². The molecule has 0 spiro atoms. The van der Waals surface area contributed by atoms with Crippen molar-refractivity contribution in [3.8, 4) is 11.3 Å². The summed E-state index contributed by atoms with van der Waals surface area (Å²) in [6.07, 6.45) is 10.8.